The maximum absolute atomic E-state index is 9.74. The van der Waals surface area contributed by atoms with Gasteiger partial charge in [0.05, 0.1) is 13.2 Å². The number of benzene rings is 1. The lowest BCUT2D eigenvalue weighted by Gasteiger charge is -2.18. The van der Waals surface area contributed by atoms with E-state index in [1.807, 2.05) is 6.07 Å². The van der Waals surface area contributed by atoms with Gasteiger partial charge in [-0.15, -0.1) is 0 Å². The van der Waals surface area contributed by atoms with E-state index in [1.165, 1.54) is 7.11 Å². The quantitative estimate of drug-likeness (QED) is 0.807. The Balaban J connectivity index is 2.93. The third kappa shape index (κ3) is 2.47. The topological polar surface area (TPSA) is 49.7 Å². The second-order valence-corrected chi connectivity index (χ2v) is 3.56. The van der Waals surface area contributed by atoms with Crippen molar-refractivity contribution in [1.82, 2.24) is 0 Å². The van der Waals surface area contributed by atoms with Crippen molar-refractivity contribution in [3.05, 3.63) is 29.8 Å². The summed E-state index contributed by atoms with van der Waals surface area (Å²) in [5, 5.41) is 19.5. The van der Waals surface area contributed by atoms with E-state index in [4.69, 9.17) is 4.74 Å². The maximum Gasteiger partial charge on any atom is 0.124 e. The summed E-state index contributed by atoms with van der Waals surface area (Å²) in [5.74, 6) is 0.583. The summed E-state index contributed by atoms with van der Waals surface area (Å²) < 4.78 is 5.07. The molecule has 2 unspecified atom stereocenters. The second-order valence-electron chi connectivity index (χ2n) is 2.91. The van der Waals surface area contributed by atoms with Crippen LogP contribution in [0.15, 0.2) is 24.3 Å². The summed E-state index contributed by atoms with van der Waals surface area (Å²) in [6, 6.07) is 7.09. The lowest BCUT2D eigenvalue weighted by molar-refractivity contribution is 0.0327. The molecule has 2 N–H and O–H groups in total. The van der Waals surface area contributed by atoms with Gasteiger partial charge in [0.2, 0.25) is 0 Å². The fourth-order valence-corrected chi connectivity index (χ4v) is 1.56. The Bertz CT molecular complexity index is 290. The number of hydrogen-bond acceptors (Lipinski definition) is 3. The zero-order valence-electron chi connectivity index (χ0n) is 7.85. The molecule has 4 heteroatoms. The van der Waals surface area contributed by atoms with Crippen molar-refractivity contribution in [2.45, 2.75) is 12.2 Å². The number of halogens is 1. The molecule has 1 aromatic carbocycles. The lowest BCUT2D eigenvalue weighted by Crippen LogP contribution is -2.19. The van der Waals surface area contributed by atoms with Gasteiger partial charge in [-0.25, -0.2) is 0 Å². The largest absolute Gasteiger partial charge is 0.496 e. The first-order valence-electron chi connectivity index (χ1n) is 4.25. The molecular weight excluding hydrogens is 248 g/mol. The molecule has 0 saturated heterocycles. The third-order valence-corrected chi connectivity index (χ3v) is 2.64. The smallest absolute Gasteiger partial charge is 0.124 e. The van der Waals surface area contributed by atoms with Gasteiger partial charge in [-0.2, -0.15) is 0 Å². The first-order valence-corrected chi connectivity index (χ1v) is 5.38. The van der Waals surface area contributed by atoms with Crippen molar-refractivity contribution in [3.63, 3.8) is 0 Å². The molecule has 0 fully saturated rings. The minimum absolute atomic E-state index is 0.326. The van der Waals surface area contributed by atoms with Crippen LogP contribution in [0.4, 0.5) is 0 Å². The summed E-state index contributed by atoms with van der Waals surface area (Å²) in [7, 11) is 1.53. The standard InChI is InChI=1S/C10H13BrO3/c1-14-9-5-3-2-4-7(9)10(13)8(12)6-11/h2-5,8,10,12-13H,6H2,1H3. The highest BCUT2D eigenvalue weighted by molar-refractivity contribution is 9.09. The molecule has 78 valence electrons. The summed E-state index contributed by atoms with van der Waals surface area (Å²) in [6.45, 7) is 0. The van der Waals surface area contributed by atoms with Crippen molar-refractivity contribution in [3.8, 4) is 5.75 Å². The highest BCUT2D eigenvalue weighted by Crippen LogP contribution is 2.27. The molecule has 0 aromatic heterocycles. The Morgan fingerprint density at radius 3 is 2.57 bits per heavy atom. The Labute approximate surface area is 91.5 Å². The van der Waals surface area contributed by atoms with Crippen LogP contribution in [0.25, 0.3) is 0 Å². The Morgan fingerprint density at radius 2 is 2.00 bits per heavy atom. The third-order valence-electron chi connectivity index (χ3n) is 1.98. The fraction of sp³-hybridized carbons (Fsp3) is 0.400. The molecule has 0 radical (unpaired) electrons. The summed E-state index contributed by atoms with van der Waals surface area (Å²) in [6.07, 6.45) is -1.75. The van der Waals surface area contributed by atoms with E-state index < -0.39 is 12.2 Å². The molecule has 0 spiro atoms. The molecule has 1 rings (SSSR count). The van der Waals surface area contributed by atoms with Gasteiger partial charge in [-0.3, -0.25) is 0 Å². The van der Waals surface area contributed by atoms with E-state index >= 15 is 0 Å². The minimum Gasteiger partial charge on any atom is -0.496 e. The normalized spacial score (nSPS) is 14.9. The number of para-hydroxylation sites is 1. The predicted molar refractivity (Wildman–Crippen MR) is 57.8 cm³/mol. The molecule has 0 amide bonds. The van der Waals surface area contributed by atoms with Crippen LogP contribution in [0.2, 0.25) is 0 Å². The van der Waals surface area contributed by atoms with Gasteiger partial charge in [-0.1, -0.05) is 34.1 Å². The summed E-state index contributed by atoms with van der Waals surface area (Å²) in [4.78, 5) is 0. The summed E-state index contributed by atoms with van der Waals surface area (Å²) in [5.41, 5.74) is 0.599. The number of rotatable bonds is 4. The van der Waals surface area contributed by atoms with Crippen LogP contribution < -0.4 is 4.74 Å². The number of methoxy groups -OCH3 is 1. The van der Waals surface area contributed by atoms with Crippen LogP contribution in [0, 0.1) is 0 Å². The van der Waals surface area contributed by atoms with Gasteiger partial charge in [-0.05, 0) is 6.07 Å². The molecule has 0 bridgehead atoms. The van der Waals surface area contributed by atoms with E-state index in [9.17, 15) is 10.2 Å². The number of aliphatic hydroxyl groups is 2. The first-order chi connectivity index (χ1) is 6.70. The van der Waals surface area contributed by atoms with Crippen LogP contribution in [0.3, 0.4) is 0 Å². The van der Waals surface area contributed by atoms with Gasteiger partial charge >= 0.3 is 0 Å². The monoisotopic (exact) mass is 260 g/mol. The zero-order valence-corrected chi connectivity index (χ0v) is 9.44. The number of alkyl halides is 1. The average molecular weight is 261 g/mol. The molecule has 0 aliphatic carbocycles. The van der Waals surface area contributed by atoms with Gasteiger partial charge in [0.15, 0.2) is 0 Å². The molecule has 0 saturated carbocycles. The van der Waals surface area contributed by atoms with Gasteiger partial charge in [0.25, 0.3) is 0 Å². The number of ether oxygens (including phenoxy) is 1. The molecule has 0 heterocycles. The van der Waals surface area contributed by atoms with Crippen molar-refractivity contribution in [1.29, 1.82) is 0 Å². The van der Waals surface area contributed by atoms with E-state index in [2.05, 4.69) is 15.9 Å². The van der Waals surface area contributed by atoms with E-state index in [1.54, 1.807) is 18.2 Å². The molecular formula is C10H13BrO3. The van der Waals surface area contributed by atoms with Gasteiger partial charge < -0.3 is 14.9 Å². The summed E-state index contributed by atoms with van der Waals surface area (Å²) >= 11 is 3.11. The molecule has 2 atom stereocenters. The van der Waals surface area contributed by atoms with Gasteiger partial charge in [0.1, 0.15) is 11.9 Å². The Kier molecular flexibility index (Phi) is 4.38. The Hall–Kier alpha value is -0.580. The van der Waals surface area contributed by atoms with Crippen molar-refractivity contribution < 1.29 is 14.9 Å². The van der Waals surface area contributed by atoms with E-state index in [-0.39, 0.29) is 0 Å². The number of hydrogen-bond donors (Lipinski definition) is 2. The zero-order chi connectivity index (χ0) is 10.6. The van der Waals surface area contributed by atoms with Crippen LogP contribution in [-0.4, -0.2) is 28.8 Å². The van der Waals surface area contributed by atoms with Crippen LogP contribution >= 0.6 is 15.9 Å². The highest BCUT2D eigenvalue weighted by Gasteiger charge is 2.20. The second kappa shape index (κ2) is 5.34. The average Bonchev–Trinajstić information content (AvgIpc) is 2.26. The molecule has 14 heavy (non-hydrogen) atoms. The van der Waals surface area contributed by atoms with Crippen LogP contribution in [-0.2, 0) is 0 Å². The molecule has 0 aliphatic heterocycles. The molecule has 0 aliphatic rings. The van der Waals surface area contributed by atoms with Crippen molar-refractivity contribution in [2.24, 2.45) is 0 Å². The fourth-order valence-electron chi connectivity index (χ4n) is 1.20. The van der Waals surface area contributed by atoms with Gasteiger partial charge in [0, 0.05) is 10.9 Å². The van der Waals surface area contributed by atoms with Crippen molar-refractivity contribution >= 4 is 15.9 Å². The minimum atomic E-state index is -0.925. The van der Waals surface area contributed by atoms with E-state index in [0.29, 0.717) is 16.6 Å². The molecule has 1 aromatic rings. The maximum atomic E-state index is 9.74. The SMILES string of the molecule is COc1ccccc1C(O)C(O)CBr. The van der Waals surface area contributed by atoms with Crippen molar-refractivity contribution in [2.75, 3.05) is 12.4 Å². The van der Waals surface area contributed by atoms with Crippen LogP contribution in [0.1, 0.15) is 11.7 Å². The first kappa shape index (κ1) is 11.5. The number of aliphatic hydroxyl groups excluding tert-OH is 2. The Morgan fingerprint density at radius 1 is 1.36 bits per heavy atom. The van der Waals surface area contributed by atoms with E-state index in [0.717, 1.165) is 0 Å². The predicted octanol–water partition coefficient (Wildman–Crippen LogP) is 1.48. The van der Waals surface area contributed by atoms with Crippen LogP contribution in [0.5, 0.6) is 5.75 Å². The lowest BCUT2D eigenvalue weighted by atomic mass is 10.0. The molecule has 3 nitrogen and oxygen atoms in total. The highest BCUT2D eigenvalue weighted by atomic mass is 79.9.